The highest BCUT2D eigenvalue weighted by Gasteiger charge is 2.18. The lowest BCUT2D eigenvalue weighted by Crippen LogP contribution is -2.35. The van der Waals surface area contributed by atoms with Gasteiger partial charge in [0.05, 0.1) is 0 Å². The van der Waals surface area contributed by atoms with E-state index in [1.54, 1.807) is 0 Å². The Morgan fingerprint density at radius 2 is 2.00 bits per heavy atom. The summed E-state index contributed by atoms with van der Waals surface area (Å²) in [4.78, 5) is 1.31. The first-order valence-electron chi connectivity index (χ1n) is 7.22. The largest absolute Gasteiger partial charge is 0.381 e. The first kappa shape index (κ1) is 16.2. The molecule has 1 fully saturated rings. The summed E-state index contributed by atoms with van der Waals surface area (Å²) in [6.45, 7) is 9.11. The molecule has 2 rings (SSSR count). The van der Waals surface area contributed by atoms with Gasteiger partial charge in [0, 0.05) is 40.5 Å². The topological polar surface area (TPSA) is 21.3 Å². The first-order valence-corrected chi connectivity index (χ1v) is 8.48. The third kappa shape index (κ3) is 4.96. The van der Waals surface area contributed by atoms with Crippen LogP contribution in [0.4, 0.5) is 0 Å². The van der Waals surface area contributed by atoms with Gasteiger partial charge >= 0.3 is 0 Å². The number of rotatable bonds is 4. The zero-order valence-electron chi connectivity index (χ0n) is 12.5. The molecular formula is C16H24ClNOS. The van der Waals surface area contributed by atoms with E-state index in [2.05, 4.69) is 32.2 Å². The highest BCUT2D eigenvalue weighted by Crippen LogP contribution is 2.35. The number of nitrogens with one attached hydrogen (secondary N) is 1. The number of hydrogen-bond acceptors (Lipinski definition) is 3. The summed E-state index contributed by atoms with van der Waals surface area (Å²) in [5.41, 5.74) is 1.32. The van der Waals surface area contributed by atoms with Crippen molar-refractivity contribution < 1.29 is 4.74 Å². The fourth-order valence-electron chi connectivity index (χ4n) is 2.15. The molecule has 0 bridgehead atoms. The molecule has 1 saturated heterocycles. The second kappa shape index (κ2) is 7.17. The Balaban J connectivity index is 2.08. The summed E-state index contributed by atoms with van der Waals surface area (Å²) in [7, 11) is 0. The van der Waals surface area contributed by atoms with E-state index in [0.717, 1.165) is 37.6 Å². The highest BCUT2D eigenvalue weighted by atomic mass is 35.5. The molecule has 1 aromatic carbocycles. The molecule has 112 valence electrons. The van der Waals surface area contributed by atoms with E-state index in [9.17, 15) is 0 Å². The summed E-state index contributed by atoms with van der Waals surface area (Å²) < 4.78 is 5.43. The van der Waals surface area contributed by atoms with Gasteiger partial charge in [-0.1, -0.05) is 17.7 Å². The molecule has 0 aliphatic carbocycles. The Bertz CT molecular complexity index is 439. The van der Waals surface area contributed by atoms with Crippen molar-refractivity contribution in [2.24, 2.45) is 0 Å². The van der Waals surface area contributed by atoms with Gasteiger partial charge in [0.15, 0.2) is 0 Å². The van der Waals surface area contributed by atoms with Gasteiger partial charge in [-0.15, -0.1) is 11.8 Å². The summed E-state index contributed by atoms with van der Waals surface area (Å²) in [5, 5.41) is 5.04. The van der Waals surface area contributed by atoms with Crippen molar-refractivity contribution in [2.75, 3.05) is 13.2 Å². The third-order valence-corrected chi connectivity index (χ3v) is 5.13. The Kier molecular flexibility index (Phi) is 5.79. The molecule has 1 aliphatic heterocycles. The molecule has 0 radical (unpaired) electrons. The predicted octanol–water partition coefficient (Wildman–Crippen LogP) is 4.50. The van der Waals surface area contributed by atoms with E-state index in [1.807, 2.05) is 23.9 Å². The van der Waals surface area contributed by atoms with E-state index >= 15 is 0 Å². The Morgan fingerprint density at radius 3 is 2.65 bits per heavy atom. The van der Waals surface area contributed by atoms with Gasteiger partial charge in [-0.3, -0.25) is 0 Å². The van der Waals surface area contributed by atoms with Crippen LogP contribution in [0.5, 0.6) is 0 Å². The van der Waals surface area contributed by atoms with Crippen LogP contribution in [0.25, 0.3) is 0 Å². The lowest BCUT2D eigenvalue weighted by molar-refractivity contribution is 0.1000. The van der Waals surface area contributed by atoms with Gasteiger partial charge in [-0.25, -0.2) is 0 Å². The van der Waals surface area contributed by atoms with Crippen LogP contribution >= 0.6 is 23.4 Å². The van der Waals surface area contributed by atoms with Crippen LogP contribution in [0.15, 0.2) is 23.1 Å². The van der Waals surface area contributed by atoms with Crippen molar-refractivity contribution in [2.45, 2.75) is 55.8 Å². The average Bonchev–Trinajstić information content (AvgIpc) is 2.38. The molecule has 4 heteroatoms. The zero-order chi connectivity index (χ0) is 14.6. The second-order valence-corrected chi connectivity index (χ2v) is 8.00. The van der Waals surface area contributed by atoms with Crippen molar-refractivity contribution in [3.63, 3.8) is 0 Å². The molecular weight excluding hydrogens is 290 g/mol. The minimum Gasteiger partial charge on any atom is -0.381 e. The minimum absolute atomic E-state index is 0.0970. The van der Waals surface area contributed by atoms with Crippen LogP contribution in [0, 0.1) is 0 Å². The number of benzene rings is 1. The van der Waals surface area contributed by atoms with Crippen LogP contribution in [-0.4, -0.2) is 24.0 Å². The number of thioether (sulfide) groups is 1. The third-order valence-electron chi connectivity index (χ3n) is 3.33. The molecule has 0 unspecified atom stereocenters. The van der Waals surface area contributed by atoms with Gasteiger partial charge in [0.25, 0.3) is 0 Å². The maximum Gasteiger partial charge on any atom is 0.0476 e. The molecule has 0 spiro atoms. The zero-order valence-corrected chi connectivity index (χ0v) is 14.1. The standard InChI is InChI=1S/C16H24ClNOS/c1-16(2,3)18-11-13-14(17)5-4-6-15(13)20-12-7-9-19-10-8-12/h4-6,12,18H,7-11H2,1-3H3. The van der Waals surface area contributed by atoms with Gasteiger partial charge in [0.2, 0.25) is 0 Å². The lowest BCUT2D eigenvalue weighted by Gasteiger charge is -2.25. The molecule has 1 aromatic rings. The normalized spacial score (nSPS) is 17.4. The molecule has 0 aromatic heterocycles. The van der Waals surface area contributed by atoms with Gasteiger partial charge in [-0.2, -0.15) is 0 Å². The molecule has 20 heavy (non-hydrogen) atoms. The van der Waals surface area contributed by atoms with E-state index < -0.39 is 0 Å². The highest BCUT2D eigenvalue weighted by molar-refractivity contribution is 8.00. The van der Waals surface area contributed by atoms with E-state index in [0.29, 0.717) is 5.25 Å². The Hall–Kier alpha value is -0.220. The molecule has 1 aliphatic rings. The van der Waals surface area contributed by atoms with Crippen LogP contribution in [0.3, 0.4) is 0 Å². The molecule has 0 saturated carbocycles. The number of ether oxygens (including phenoxy) is 1. The van der Waals surface area contributed by atoms with Crippen molar-refractivity contribution in [1.29, 1.82) is 0 Å². The van der Waals surface area contributed by atoms with E-state index in [4.69, 9.17) is 16.3 Å². The van der Waals surface area contributed by atoms with Gasteiger partial charge in [0.1, 0.15) is 0 Å². The summed E-state index contributed by atoms with van der Waals surface area (Å²) >= 11 is 8.35. The van der Waals surface area contributed by atoms with Crippen LogP contribution in [0.2, 0.25) is 5.02 Å². The average molecular weight is 314 g/mol. The minimum atomic E-state index is 0.0970. The summed E-state index contributed by atoms with van der Waals surface area (Å²) in [5.74, 6) is 0. The van der Waals surface area contributed by atoms with E-state index in [1.165, 1.54) is 10.5 Å². The van der Waals surface area contributed by atoms with Crippen LogP contribution in [-0.2, 0) is 11.3 Å². The maximum atomic E-state index is 6.40. The van der Waals surface area contributed by atoms with E-state index in [-0.39, 0.29) is 5.54 Å². The first-order chi connectivity index (χ1) is 9.46. The molecule has 1 N–H and O–H groups in total. The summed E-state index contributed by atoms with van der Waals surface area (Å²) in [6, 6.07) is 6.21. The molecule has 0 amide bonds. The smallest absolute Gasteiger partial charge is 0.0476 e. The van der Waals surface area contributed by atoms with Crippen molar-refractivity contribution in [3.8, 4) is 0 Å². The van der Waals surface area contributed by atoms with Crippen molar-refractivity contribution >= 4 is 23.4 Å². The molecule has 1 heterocycles. The molecule has 0 atom stereocenters. The SMILES string of the molecule is CC(C)(C)NCc1c(Cl)cccc1SC1CCOCC1. The quantitative estimate of drug-likeness (QED) is 0.884. The summed E-state index contributed by atoms with van der Waals surface area (Å²) in [6.07, 6.45) is 2.26. The fourth-order valence-corrected chi connectivity index (χ4v) is 3.71. The fraction of sp³-hybridized carbons (Fsp3) is 0.625. The Morgan fingerprint density at radius 1 is 1.30 bits per heavy atom. The predicted molar refractivity (Wildman–Crippen MR) is 87.7 cm³/mol. The van der Waals surface area contributed by atoms with Gasteiger partial charge in [-0.05, 0) is 51.3 Å². The Labute approximate surface area is 131 Å². The van der Waals surface area contributed by atoms with Crippen molar-refractivity contribution in [3.05, 3.63) is 28.8 Å². The molecule has 2 nitrogen and oxygen atoms in total. The van der Waals surface area contributed by atoms with Crippen LogP contribution < -0.4 is 5.32 Å². The monoisotopic (exact) mass is 313 g/mol. The number of hydrogen-bond donors (Lipinski definition) is 1. The van der Waals surface area contributed by atoms with Gasteiger partial charge < -0.3 is 10.1 Å². The number of halogens is 1. The van der Waals surface area contributed by atoms with Crippen LogP contribution in [0.1, 0.15) is 39.2 Å². The second-order valence-electron chi connectivity index (χ2n) is 6.25. The van der Waals surface area contributed by atoms with Crippen molar-refractivity contribution in [1.82, 2.24) is 5.32 Å². The lowest BCUT2D eigenvalue weighted by atomic mass is 10.1. The maximum absolute atomic E-state index is 6.40.